The smallest absolute Gasteiger partial charge is 0.462 e. The van der Waals surface area contributed by atoms with Gasteiger partial charge in [0.2, 0.25) is 0 Å². The van der Waals surface area contributed by atoms with Crippen LogP contribution in [0.4, 0.5) is 0 Å². The Hall–Kier alpha value is -1.03. The summed E-state index contributed by atoms with van der Waals surface area (Å²) < 4.78 is 26.4. The fourth-order valence-corrected chi connectivity index (χ4v) is 3.21. The normalized spacial score (nSPS) is 12.5. The number of ether oxygens (including phenoxy) is 2. The molecule has 0 amide bonds. The van der Waals surface area contributed by atoms with Gasteiger partial charge in [0.05, 0.1) is 34.4 Å². The number of unbranched alkanes of at least 4 members (excludes halogenated alkanes) is 8. The summed E-state index contributed by atoms with van der Waals surface area (Å²) in [6.45, 7) is 4.52. The van der Waals surface area contributed by atoms with Gasteiger partial charge < -0.3 is 28.9 Å². The molecule has 3 N–H and O–H groups in total. The Morgan fingerprint density at radius 1 is 0.800 bits per heavy atom. The third kappa shape index (κ3) is 30.9. The van der Waals surface area contributed by atoms with E-state index in [1.807, 2.05) is 0 Å². The zero-order valence-electron chi connectivity index (χ0n) is 22.6. The Kier molecular flexibility index (Phi) is 22.9. The van der Waals surface area contributed by atoms with E-state index in [1.54, 1.807) is 0 Å². The number of esters is 2. The van der Waals surface area contributed by atoms with E-state index in [9.17, 15) is 14.2 Å². The lowest BCUT2D eigenvalue weighted by molar-refractivity contribution is -0.870. The summed E-state index contributed by atoms with van der Waals surface area (Å²) in [5, 5.41) is 8.39. The van der Waals surface area contributed by atoms with Gasteiger partial charge in [-0.3, -0.25) is 14.1 Å². The number of hydrogen-bond acceptors (Lipinski definition) is 7. The molecule has 1 atom stereocenters. The fourth-order valence-electron chi connectivity index (χ4n) is 2.85. The molecule has 11 heteroatoms. The van der Waals surface area contributed by atoms with Crippen LogP contribution in [0.5, 0.6) is 0 Å². The average molecular weight is 529 g/mol. The van der Waals surface area contributed by atoms with Crippen LogP contribution >= 0.6 is 7.82 Å². The second-order valence-electron chi connectivity index (χ2n) is 9.65. The highest BCUT2D eigenvalue weighted by Gasteiger charge is 2.22. The van der Waals surface area contributed by atoms with Crippen LogP contribution in [0.1, 0.15) is 90.9 Å². The van der Waals surface area contributed by atoms with Crippen LogP contribution in [0.2, 0.25) is 0 Å². The number of phosphoric ester groups is 1. The van der Waals surface area contributed by atoms with Crippen molar-refractivity contribution in [3.63, 3.8) is 0 Å². The minimum atomic E-state index is -4.70. The van der Waals surface area contributed by atoms with Gasteiger partial charge in [-0.05, 0) is 12.8 Å². The quantitative estimate of drug-likeness (QED) is 0.0927. The van der Waals surface area contributed by atoms with Crippen LogP contribution in [-0.2, 0) is 28.2 Å². The molecule has 10 nitrogen and oxygen atoms in total. The Balaban J connectivity index is 0. The third-order valence-corrected chi connectivity index (χ3v) is 5.38. The number of carbonyl (C=O) groups excluding carboxylic acids is 2. The molecule has 0 heterocycles. The standard InChI is InChI=1S/C19H37O8P.C5H14NO/c1-3-5-7-9-11-13-18(20)25-15-17(16-26-28(22,23)24)27-19(21)14-12-10-8-6-4-2;1-6(2,3)4-5-7/h17H,3-16H2,1-2H3,(H2,22,23,24);7H,4-5H2,1-3H3/q;+1/t17-;/m1./s1. The van der Waals surface area contributed by atoms with Crippen LogP contribution < -0.4 is 0 Å². The van der Waals surface area contributed by atoms with E-state index in [4.69, 9.17) is 24.4 Å². The van der Waals surface area contributed by atoms with Crippen molar-refractivity contribution in [1.29, 1.82) is 0 Å². The molecule has 210 valence electrons. The van der Waals surface area contributed by atoms with Crippen molar-refractivity contribution < 1.29 is 47.5 Å². The molecule has 0 aromatic carbocycles. The molecule has 0 saturated heterocycles. The van der Waals surface area contributed by atoms with Crippen molar-refractivity contribution in [2.24, 2.45) is 0 Å². The maximum Gasteiger partial charge on any atom is 0.469 e. The molecule has 0 aliphatic heterocycles. The van der Waals surface area contributed by atoms with Gasteiger partial charge in [0.1, 0.15) is 13.2 Å². The fraction of sp³-hybridized carbons (Fsp3) is 0.917. The van der Waals surface area contributed by atoms with Crippen molar-refractivity contribution in [3.05, 3.63) is 0 Å². The molecular weight excluding hydrogens is 477 g/mol. The van der Waals surface area contributed by atoms with Crippen LogP contribution in [-0.4, -0.2) is 84.9 Å². The highest BCUT2D eigenvalue weighted by atomic mass is 31.2. The Bertz CT molecular complexity index is 576. The lowest BCUT2D eigenvalue weighted by atomic mass is 10.1. The maximum absolute atomic E-state index is 11.9. The first-order valence-corrected chi connectivity index (χ1v) is 14.3. The molecule has 0 radical (unpaired) electrons. The maximum atomic E-state index is 11.9. The summed E-state index contributed by atoms with van der Waals surface area (Å²) in [6.07, 6.45) is 9.29. The van der Waals surface area contributed by atoms with Crippen LogP contribution in [0.15, 0.2) is 0 Å². The molecule has 0 aromatic heterocycles. The van der Waals surface area contributed by atoms with Gasteiger partial charge in [-0.2, -0.15) is 0 Å². The molecular formula is C24H51NO9P+. The number of aliphatic hydroxyl groups is 1. The minimum absolute atomic E-state index is 0.210. The van der Waals surface area contributed by atoms with E-state index in [0.29, 0.717) is 6.42 Å². The predicted octanol–water partition coefficient (Wildman–Crippen LogP) is 3.96. The zero-order chi connectivity index (χ0) is 27.2. The monoisotopic (exact) mass is 528 g/mol. The third-order valence-electron chi connectivity index (χ3n) is 4.90. The van der Waals surface area contributed by atoms with E-state index >= 15 is 0 Å². The number of nitrogens with zero attached hydrogens (tertiary/aromatic N) is 1. The summed E-state index contributed by atoms with van der Waals surface area (Å²) in [4.78, 5) is 41.4. The van der Waals surface area contributed by atoms with Crippen LogP contribution in [0, 0.1) is 0 Å². The van der Waals surface area contributed by atoms with Crippen molar-refractivity contribution >= 4 is 19.8 Å². The first-order chi connectivity index (χ1) is 16.3. The van der Waals surface area contributed by atoms with Crippen molar-refractivity contribution in [2.75, 3.05) is 47.5 Å². The highest BCUT2D eigenvalue weighted by molar-refractivity contribution is 7.46. The lowest BCUT2D eigenvalue weighted by Gasteiger charge is -2.21. The molecule has 0 aliphatic carbocycles. The molecule has 0 saturated carbocycles. The predicted molar refractivity (Wildman–Crippen MR) is 136 cm³/mol. The second-order valence-corrected chi connectivity index (χ2v) is 10.9. The number of carbonyl (C=O) groups is 2. The Morgan fingerprint density at radius 2 is 1.29 bits per heavy atom. The van der Waals surface area contributed by atoms with E-state index < -0.39 is 32.5 Å². The van der Waals surface area contributed by atoms with Crippen molar-refractivity contribution in [1.82, 2.24) is 0 Å². The largest absolute Gasteiger partial charge is 0.469 e. The molecule has 0 aromatic rings. The second kappa shape index (κ2) is 22.2. The van der Waals surface area contributed by atoms with E-state index in [-0.39, 0.29) is 26.1 Å². The minimum Gasteiger partial charge on any atom is -0.462 e. The Morgan fingerprint density at radius 3 is 1.69 bits per heavy atom. The summed E-state index contributed by atoms with van der Waals surface area (Å²) in [5.74, 6) is -0.917. The molecule has 0 rings (SSSR count). The molecule has 0 unspecified atom stereocenters. The molecule has 35 heavy (non-hydrogen) atoms. The van der Waals surface area contributed by atoms with E-state index in [2.05, 4.69) is 39.5 Å². The summed E-state index contributed by atoms with van der Waals surface area (Å²) in [6, 6.07) is 0. The van der Waals surface area contributed by atoms with Crippen LogP contribution in [0.3, 0.4) is 0 Å². The molecule has 0 bridgehead atoms. The molecule has 0 aliphatic rings. The first-order valence-electron chi connectivity index (χ1n) is 12.8. The number of aliphatic hydroxyl groups excluding tert-OH is 1. The number of likely N-dealkylation sites (N-methyl/N-ethyl adjacent to an activating group) is 1. The topological polar surface area (TPSA) is 140 Å². The first kappa shape index (κ1) is 36.1. The lowest BCUT2D eigenvalue weighted by Crippen LogP contribution is -2.36. The van der Waals surface area contributed by atoms with E-state index in [0.717, 1.165) is 68.8 Å². The average Bonchev–Trinajstić information content (AvgIpc) is 2.74. The summed E-state index contributed by atoms with van der Waals surface area (Å²) >= 11 is 0. The van der Waals surface area contributed by atoms with Gasteiger partial charge in [-0.15, -0.1) is 0 Å². The summed E-state index contributed by atoms with van der Waals surface area (Å²) in [7, 11) is 1.45. The number of rotatable bonds is 20. The zero-order valence-corrected chi connectivity index (χ0v) is 23.5. The van der Waals surface area contributed by atoms with Gasteiger partial charge in [0, 0.05) is 12.8 Å². The van der Waals surface area contributed by atoms with E-state index in [1.165, 1.54) is 0 Å². The number of quaternary nitrogens is 1. The van der Waals surface area contributed by atoms with Gasteiger partial charge in [-0.1, -0.05) is 65.2 Å². The highest BCUT2D eigenvalue weighted by Crippen LogP contribution is 2.35. The van der Waals surface area contributed by atoms with Gasteiger partial charge in [-0.25, -0.2) is 4.57 Å². The Labute approximate surface area is 212 Å². The van der Waals surface area contributed by atoms with Crippen LogP contribution in [0.25, 0.3) is 0 Å². The van der Waals surface area contributed by atoms with Gasteiger partial charge >= 0.3 is 19.8 Å². The van der Waals surface area contributed by atoms with Crippen molar-refractivity contribution in [3.8, 4) is 0 Å². The number of phosphoric acid groups is 1. The van der Waals surface area contributed by atoms with Gasteiger partial charge in [0.25, 0.3) is 0 Å². The molecule has 0 spiro atoms. The molecule has 0 fully saturated rings. The summed E-state index contributed by atoms with van der Waals surface area (Å²) in [5.41, 5.74) is 0. The van der Waals surface area contributed by atoms with Gasteiger partial charge in [0.15, 0.2) is 6.10 Å². The van der Waals surface area contributed by atoms with Crippen molar-refractivity contribution in [2.45, 2.75) is 97.0 Å². The SMILES string of the molecule is CCCCCCCC(=O)OC[C@H](COP(=O)(O)O)OC(=O)CCCCCCC.C[N+](C)(C)CCO. The number of hydrogen-bond donors (Lipinski definition) is 3.